The molecule has 2 atom stereocenters. The van der Waals surface area contributed by atoms with Gasteiger partial charge in [-0.3, -0.25) is 5.09 Å². The average Bonchev–Trinajstić information content (AvgIpc) is 3.22. The van der Waals surface area contributed by atoms with Gasteiger partial charge >= 0.3 is 5.97 Å². The second kappa shape index (κ2) is 8.31. The number of carbonyl (C=O) groups excluding carboxylic acids is 1. The maximum absolute atomic E-state index is 12.0. The van der Waals surface area contributed by atoms with Gasteiger partial charge < -0.3 is 4.74 Å². The van der Waals surface area contributed by atoms with Crippen LogP contribution in [0.15, 0.2) is 97.1 Å². The Balaban J connectivity index is 1.89. The first kappa shape index (κ1) is 20.7. The summed E-state index contributed by atoms with van der Waals surface area (Å²) in [6.07, 6.45) is 0.425. The Labute approximate surface area is 182 Å². The van der Waals surface area contributed by atoms with Gasteiger partial charge in [-0.15, -0.1) is 0 Å². The summed E-state index contributed by atoms with van der Waals surface area (Å²) in [6, 6.07) is 28.6. The van der Waals surface area contributed by atoms with Gasteiger partial charge in [0.25, 0.3) is 0 Å². The molecule has 152 valence electrons. The fourth-order valence-corrected chi connectivity index (χ4v) is 7.77. The van der Waals surface area contributed by atoms with E-state index in [9.17, 15) is 4.79 Å². The highest BCUT2D eigenvalue weighted by Crippen LogP contribution is 2.46. The number of cyclic esters (lactones) is 1. The Bertz CT molecular complexity index is 1090. The first-order valence-electron chi connectivity index (χ1n) is 9.88. The molecule has 0 amide bonds. The summed E-state index contributed by atoms with van der Waals surface area (Å²) in [5, 5.41) is 5.98. The summed E-state index contributed by atoms with van der Waals surface area (Å²) >= 11 is 6.42. The molecule has 0 saturated carbocycles. The maximum atomic E-state index is 12.0. The van der Waals surface area contributed by atoms with Crippen LogP contribution < -0.4 is 15.7 Å². The van der Waals surface area contributed by atoms with Crippen LogP contribution in [-0.2, 0) is 26.9 Å². The second-order valence-corrected chi connectivity index (χ2v) is 11.8. The van der Waals surface area contributed by atoms with Crippen molar-refractivity contribution in [3.8, 4) is 0 Å². The van der Waals surface area contributed by atoms with Gasteiger partial charge in [-0.2, -0.15) is 0 Å². The first-order chi connectivity index (χ1) is 14.4. The molecule has 0 bridgehead atoms. The smallest absolute Gasteiger partial charge is 0.331 e. The van der Waals surface area contributed by atoms with Crippen LogP contribution in [0.3, 0.4) is 0 Å². The molecule has 3 aromatic carbocycles. The van der Waals surface area contributed by atoms with Gasteiger partial charge in [-0.25, -0.2) is 4.79 Å². The van der Waals surface area contributed by atoms with E-state index in [-0.39, 0.29) is 5.97 Å². The lowest BCUT2D eigenvalue weighted by molar-refractivity contribution is -0.141. The Morgan fingerprint density at radius 2 is 1.53 bits per heavy atom. The lowest BCUT2D eigenvalue weighted by Gasteiger charge is -2.41. The minimum atomic E-state index is -2.44. The van der Waals surface area contributed by atoms with Crippen molar-refractivity contribution >= 4 is 34.6 Å². The molecule has 0 aromatic heterocycles. The molecule has 0 saturated heterocycles. The number of hydrogen-bond acceptors (Lipinski definition) is 3. The van der Waals surface area contributed by atoms with Crippen molar-refractivity contribution < 1.29 is 9.53 Å². The number of esters is 1. The SMILES string of the molecule is Cc1cccc([C@](C)(NP(=S)(c2ccccc2)c2ccccc2)[C@H]2C=CC(=O)O2)c1. The quantitative estimate of drug-likeness (QED) is 0.464. The molecule has 0 spiro atoms. The van der Waals surface area contributed by atoms with Gasteiger partial charge in [0.2, 0.25) is 0 Å². The van der Waals surface area contributed by atoms with Crippen LogP contribution in [0.25, 0.3) is 0 Å². The van der Waals surface area contributed by atoms with Crippen LogP contribution >= 0.6 is 6.19 Å². The fraction of sp³-hybridized carbons (Fsp3) is 0.160. The third kappa shape index (κ3) is 3.91. The van der Waals surface area contributed by atoms with Gasteiger partial charge in [-0.05, 0) is 25.5 Å². The number of carbonyl (C=O) groups is 1. The molecule has 1 aliphatic rings. The van der Waals surface area contributed by atoms with Crippen LogP contribution in [0.5, 0.6) is 0 Å². The predicted molar refractivity (Wildman–Crippen MR) is 127 cm³/mol. The molecule has 5 heteroatoms. The van der Waals surface area contributed by atoms with Crippen LogP contribution in [-0.4, -0.2) is 12.1 Å². The Morgan fingerprint density at radius 1 is 0.933 bits per heavy atom. The van der Waals surface area contributed by atoms with Crippen molar-refractivity contribution in [2.45, 2.75) is 25.5 Å². The summed E-state index contributed by atoms with van der Waals surface area (Å²) in [7, 11) is 0. The molecule has 3 nitrogen and oxygen atoms in total. The van der Waals surface area contributed by atoms with Crippen molar-refractivity contribution in [2.24, 2.45) is 0 Å². The Kier molecular flexibility index (Phi) is 5.75. The van der Waals surface area contributed by atoms with E-state index < -0.39 is 17.8 Å². The molecule has 1 heterocycles. The van der Waals surface area contributed by atoms with Gasteiger partial charge in [0.05, 0.1) is 11.7 Å². The first-order valence-corrected chi connectivity index (χ1v) is 12.7. The van der Waals surface area contributed by atoms with Crippen LogP contribution in [0.2, 0.25) is 0 Å². The van der Waals surface area contributed by atoms with E-state index in [1.165, 1.54) is 6.08 Å². The zero-order valence-electron chi connectivity index (χ0n) is 17.0. The standard InChI is InChI=1S/C25H24NO2PS/c1-19-10-9-11-20(18-19)25(2,23-16-17-24(27)28-23)26-29(30,21-12-5-3-6-13-21)22-14-7-4-8-15-22/h3-18,23H,1-2H3,(H,26,30)/t23-,25+/m1/s1. The van der Waals surface area contributed by atoms with Crippen molar-refractivity contribution in [2.75, 3.05) is 0 Å². The highest BCUT2D eigenvalue weighted by Gasteiger charge is 2.43. The van der Waals surface area contributed by atoms with E-state index in [4.69, 9.17) is 16.5 Å². The van der Waals surface area contributed by atoms with Crippen LogP contribution in [0.4, 0.5) is 0 Å². The summed E-state index contributed by atoms with van der Waals surface area (Å²) in [5.74, 6) is -0.326. The topological polar surface area (TPSA) is 38.3 Å². The van der Waals surface area contributed by atoms with Gasteiger partial charge in [0, 0.05) is 16.7 Å². The van der Waals surface area contributed by atoms with Crippen molar-refractivity contribution in [1.29, 1.82) is 0 Å². The van der Waals surface area contributed by atoms with Crippen LogP contribution in [0.1, 0.15) is 18.1 Å². The fourth-order valence-electron chi connectivity index (χ4n) is 3.82. The number of ether oxygens (including phenoxy) is 1. The zero-order chi connectivity index (χ0) is 21.2. The van der Waals surface area contributed by atoms with Crippen molar-refractivity contribution in [3.05, 3.63) is 108 Å². The van der Waals surface area contributed by atoms with Gasteiger partial charge in [0.15, 0.2) is 0 Å². The largest absolute Gasteiger partial charge is 0.453 e. The molecule has 4 rings (SSSR count). The molecule has 1 N–H and O–H groups in total. The minimum Gasteiger partial charge on any atom is -0.453 e. The third-order valence-corrected chi connectivity index (χ3v) is 9.84. The molecule has 0 aliphatic carbocycles. The van der Waals surface area contributed by atoms with E-state index in [0.29, 0.717) is 0 Å². The molecular weight excluding hydrogens is 409 g/mol. The van der Waals surface area contributed by atoms with E-state index in [1.54, 1.807) is 0 Å². The summed E-state index contributed by atoms with van der Waals surface area (Å²) in [4.78, 5) is 12.0. The molecule has 0 radical (unpaired) electrons. The summed E-state index contributed by atoms with van der Waals surface area (Å²) in [5.41, 5.74) is 1.48. The molecule has 30 heavy (non-hydrogen) atoms. The maximum Gasteiger partial charge on any atom is 0.331 e. The Hall–Kier alpha value is -2.52. The molecule has 3 aromatic rings. The number of rotatable bonds is 6. The number of hydrogen-bond donors (Lipinski definition) is 1. The minimum absolute atomic E-state index is 0.326. The lowest BCUT2D eigenvalue weighted by atomic mass is 9.86. The monoisotopic (exact) mass is 433 g/mol. The second-order valence-electron chi connectivity index (χ2n) is 7.68. The lowest BCUT2D eigenvalue weighted by Crippen LogP contribution is -2.50. The predicted octanol–water partition coefficient (Wildman–Crippen LogP) is 4.33. The molecule has 0 fully saturated rings. The Morgan fingerprint density at radius 3 is 2.03 bits per heavy atom. The van der Waals surface area contributed by atoms with E-state index in [1.807, 2.05) is 48.5 Å². The van der Waals surface area contributed by atoms with E-state index in [0.717, 1.165) is 21.7 Å². The summed E-state index contributed by atoms with van der Waals surface area (Å²) < 4.78 is 5.70. The number of benzene rings is 3. The molecule has 0 unspecified atom stereocenters. The van der Waals surface area contributed by atoms with Crippen molar-refractivity contribution in [1.82, 2.24) is 5.09 Å². The van der Waals surface area contributed by atoms with Crippen molar-refractivity contribution in [3.63, 3.8) is 0 Å². The molecule has 1 aliphatic heterocycles. The van der Waals surface area contributed by atoms with E-state index >= 15 is 0 Å². The zero-order valence-corrected chi connectivity index (χ0v) is 18.7. The number of nitrogens with one attached hydrogen (secondary N) is 1. The normalized spacial score (nSPS) is 18.1. The van der Waals surface area contributed by atoms with Crippen LogP contribution in [0, 0.1) is 6.92 Å². The molecular formula is C25H24NO2PS. The third-order valence-electron chi connectivity index (χ3n) is 5.47. The summed E-state index contributed by atoms with van der Waals surface area (Å²) in [6.45, 7) is 4.13. The van der Waals surface area contributed by atoms with Gasteiger partial charge in [-0.1, -0.05) is 102 Å². The van der Waals surface area contributed by atoms with E-state index in [2.05, 4.69) is 61.4 Å². The highest BCUT2D eigenvalue weighted by atomic mass is 32.4. The number of aryl methyl sites for hydroxylation is 1. The average molecular weight is 434 g/mol. The highest BCUT2D eigenvalue weighted by molar-refractivity contribution is 8.20. The van der Waals surface area contributed by atoms with Gasteiger partial charge in [0.1, 0.15) is 6.10 Å².